The molecular weight excluding hydrogens is 350 g/mol. The Morgan fingerprint density at radius 1 is 1.20 bits per heavy atom. The number of ether oxygens (including phenoxy) is 1. The summed E-state index contributed by atoms with van der Waals surface area (Å²) in [6, 6.07) is 13.9. The van der Waals surface area contributed by atoms with Crippen LogP contribution in [0.2, 0.25) is 0 Å². The normalized spacial score (nSPS) is 10.8. The molecular formula is C17H12F2N2O3S. The minimum atomic E-state index is -2.68. The van der Waals surface area contributed by atoms with Crippen molar-refractivity contribution in [2.75, 3.05) is 0 Å². The molecule has 0 fully saturated rings. The summed E-state index contributed by atoms with van der Waals surface area (Å²) < 4.78 is 35.4. The lowest BCUT2D eigenvalue weighted by atomic mass is 10.2. The second-order valence-corrected chi connectivity index (χ2v) is 5.84. The third-order valence-electron chi connectivity index (χ3n) is 3.16. The Morgan fingerprint density at radius 2 is 2.00 bits per heavy atom. The molecule has 0 aliphatic heterocycles. The zero-order valence-corrected chi connectivity index (χ0v) is 13.6. The topological polar surface area (TPSA) is 65.2 Å². The van der Waals surface area contributed by atoms with Gasteiger partial charge in [-0.15, -0.1) is 0 Å². The standard InChI is InChI=1S/C17H12F2N2O3S/c18-17(19)25-15-13(7-4-8-20-15)16(22)23-10-12-9-14(24-21-12)11-5-2-1-3-6-11/h1-9,17H,10H2. The second kappa shape index (κ2) is 7.89. The van der Waals surface area contributed by atoms with Crippen molar-refractivity contribution in [3.8, 4) is 11.3 Å². The van der Waals surface area contributed by atoms with Crippen LogP contribution in [0.1, 0.15) is 16.1 Å². The number of aromatic nitrogens is 2. The molecule has 0 saturated heterocycles. The maximum Gasteiger partial charge on any atom is 0.341 e. The van der Waals surface area contributed by atoms with Crippen LogP contribution in [0.3, 0.4) is 0 Å². The second-order valence-electron chi connectivity index (χ2n) is 4.86. The van der Waals surface area contributed by atoms with Gasteiger partial charge in [-0.3, -0.25) is 0 Å². The summed E-state index contributed by atoms with van der Waals surface area (Å²) in [6.07, 6.45) is 1.34. The van der Waals surface area contributed by atoms with Crippen LogP contribution in [-0.4, -0.2) is 21.9 Å². The number of benzene rings is 1. The summed E-state index contributed by atoms with van der Waals surface area (Å²) in [7, 11) is 0. The van der Waals surface area contributed by atoms with Gasteiger partial charge in [0.25, 0.3) is 5.76 Å². The van der Waals surface area contributed by atoms with Gasteiger partial charge >= 0.3 is 5.97 Å². The fourth-order valence-corrected chi connectivity index (χ4v) is 2.63. The van der Waals surface area contributed by atoms with E-state index in [4.69, 9.17) is 9.26 Å². The predicted octanol–water partition coefficient (Wildman–Crippen LogP) is 4.41. The van der Waals surface area contributed by atoms with E-state index in [1.807, 2.05) is 30.3 Å². The van der Waals surface area contributed by atoms with Gasteiger partial charge in [0.2, 0.25) is 0 Å². The van der Waals surface area contributed by atoms with Crippen LogP contribution < -0.4 is 0 Å². The molecule has 0 spiro atoms. The minimum absolute atomic E-state index is 0.0143. The molecule has 0 radical (unpaired) electrons. The van der Waals surface area contributed by atoms with Crippen molar-refractivity contribution >= 4 is 17.7 Å². The number of hydrogen-bond acceptors (Lipinski definition) is 6. The predicted molar refractivity (Wildman–Crippen MR) is 87.2 cm³/mol. The number of carbonyl (C=O) groups excluding carboxylic acids is 1. The van der Waals surface area contributed by atoms with Crippen molar-refractivity contribution in [3.63, 3.8) is 0 Å². The van der Waals surface area contributed by atoms with Crippen molar-refractivity contribution in [2.45, 2.75) is 17.4 Å². The molecule has 0 saturated carbocycles. The third-order valence-corrected chi connectivity index (χ3v) is 3.89. The number of rotatable bonds is 6. The van der Waals surface area contributed by atoms with Crippen molar-refractivity contribution in [1.29, 1.82) is 0 Å². The van der Waals surface area contributed by atoms with E-state index >= 15 is 0 Å². The smallest absolute Gasteiger partial charge is 0.341 e. The largest absolute Gasteiger partial charge is 0.455 e. The number of alkyl halides is 2. The van der Waals surface area contributed by atoms with E-state index in [-0.39, 0.29) is 29.0 Å². The Kier molecular flexibility index (Phi) is 5.39. The first-order chi connectivity index (χ1) is 12.1. The monoisotopic (exact) mass is 362 g/mol. The first-order valence-corrected chi connectivity index (χ1v) is 8.09. The van der Waals surface area contributed by atoms with Gasteiger partial charge in [0.05, 0.1) is 5.56 Å². The average Bonchev–Trinajstić information content (AvgIpc) is 3.09. The molecule has 0 aliphatic rings. The van der Waals surface area contributed by atoms with E-state index in [9.17, 15) is 13.6 Å². The van der Waals surface area contributed by atoms with Crippen LogP contribution in [-0.2, 0) is 11.3 Å². The Morgan fingerprint density at radius 3 is 2.76 bits per heavy atom. The van der Waals surface area contributed by atoms with Crippen LogP contribution in [0.15, 0.2) is 64.3 Å². The van der Waals surface area contributed by atoms with E-state index in [2.05, 4.69) is 10.1 Å². The van der Waals surface area contributed by atoms with Crippen molar-refractivity contribution in [1.82, 2.24) is 10.1 Å². The summed E-state index contributed by atoms with van der Waals surface area (Å²) >= 11 is 0.197. The molecule has 25 heavy (non-hydrogen) atoms. The highest BCUT2D eigenvalue weighted by atomic mass is 32.2. The molecule has 8 heteroatoms. The summed E-state index contributed by atoms with van der Waals surface area (Å²) in [5, 5.41) is 3.76. The highest BCUT2D eigenvalue weighted by Gasteiger charge is 2.18. The molecule has 0 unspecified atom stereocenters. The van der Waals surface area contributed by atoms with Gasteiger partial charge in [-0.05, 0) is 23.9 Å². The zero-order chi connectivity index (χ0) is 17.6. The lowest BCUT2D eigenvalue weighted by Gasteiger charge is -2.06. The Balaban J connectivity index is 1.66. The maximum absolute atomic E-state index is 12.5. The molecule has 2 heterocycles. The first-order valence-electron chi connectivity index (χ1n) is 7.21. The Bertz CT molecular complexity index is 856. The van der Waals surface area contributed by atoms with Crippen LogP contribution in [0.25, 0.3) is 11.3 Å². The maximum atomic E-state index is 12.5. The van der Waals surface area contributed by atoms with Crippen LogP contribution >= 0.6 is 11.8 Å². The first kappa shape index (κ1) is 17.1. The van der Waals surface area contributed by atoms with Gasteiger partial charge < -0.3 is 9.26 Å². The molecule has 0 bridgehead atoms. The van der Waals surface area contributed by atoms with Gasteiger partial charge in [-0.25, -0.2) is 9.78 Å². The fourth-order valence-electron chi connectivity index (χ4n) is 2.06. The number of nitrogens with zero attached hydrogens (tertiary/aromatic N) is 2. The Labute approximate surface area is 146 Å². The molecule has 128 valence electrons. The van der Waals surface area contributed by atoms with E-state index < -0.39 is 11.7 Å². The Hall–Kier alpha value is -2.74. The van der Waals surface area contributed by atoms with Gasteiger partial charge in [-0.1, -0.05) is 35.5 Å². The number of pyridine rings is 1. The summed E-state index contributed by atoms with van der Waals surface area (Å²) in [5.41, 5.74) is 1.24. The van der Waals surface area contributed by atoms with E-state index in [1.165, 1.54) is 18.3 Å². The van der Waals surface area contributed by atoms with Crippen LogP contribution in [0.5, 0.6) is 0 Å². The van der Waals surface area contributed by atoms with Gasteiger partial charge in [0.1, 0.15) is 17.3 Å². The molecule has 2 aromatic heterocycles. The van der Waals surface area contributed by atoms with Crippen molar-refractivity contribution in [3.05, 3.63) is 66.0 Å². The third kappa shape index (κ3) is 4.42. The number of carbonyl (C=O) groups is 1. The molecule has 0 aliphatic carbocycles. The molecule has 5 nitrogen and oxygen atoms in total. The zero-order valence-electron chi connectivity index (χ0n) is 12.8. The number of hydrogen-bond donors (Lipinski definition) is 0. The summed E-state index contributed by atoms with van der Waals surface area (Å²) in [5.74, 6) is -2.88. The van der Waals surface area contributed by atoms with E-state index in [1.54, 1.807) is 6.07 Å². The minimum Gasteiger partial charge on any atom is -0.455 e. The van der Waals surface area contributed by atoms with Crippen LogP contribution in [0, 0.1) is 0 Å². The number of esters is 1. The highest BCUT2D eigenvalue weighted by Crippen LogP contribution is 2.27. The molecule has 0 amide bonds. The van der Waals surface area contributed by atoms with Gasteiger partial charge in [0, 0.05) is 17.8 Å². The fraction of sp³-hybridized carbons (Fsp3) is 0.118. The molecule has 3 aromatic rings. The average molecular weight is 362 g/mol. The van der Waals surface area contributed by atoms with Gasteiger partial charge in [-0.2, -0.15) is 8.78 Å². The van der Waals surface area contributed by atoms with E-state index in [0.717, 1.165) is 5.56 Å². The van der Waals surface area contributed by atoms with Crippen molar-refractivity contribution in [2.24, 2.45) is 0 Å². The van der Waals surface area contributed by atoms with Gasteiger partial charge in [0.15, 0.2) is 5.76 Å². The van der Waals surface area contributed by atoms with E-state index in [0.29, 0.717) is 11.5 Å². The number of thioether (sulfide) groups is 1. The lowest BCUT2D eigenvalue weighted by Crippen LogP contribution is -2.08. The molecule has 3 rings (SSSR count). The van der Waals surface area contributed by atoms with Crippen LogP contribution in [0.4, 0.5) is 8.78 Å². The van der Waals surface area contributed by atoms with Crippen molar-refractivity contribution < 1.29 is 22.8 Å². The molecule has 0 N–H and O–H groups in total. The quantitative estimate of drug-likeness (QED) is 0.478. The highest BCUT2D eigenvalue weighted by molar-refractivity contribution is 7.99. The molecule has 0 atom stereocenters. The summed E-state index contributed by atoms with van der Waals surface area (Å²) in [4.78, 5) is 15.9. The molecule has 1 aromatic carbocycles. The summed E-state index contributed by atoms with van der Waals surface area (Å²) in [6.45, 7) is -0.136. The SMILES string of the molecule is O=C(OCc1cc(-c2ccccc2)on1)c1cccnc1SC(F)F. The number of halogens is 2. The lowest BCUT2D eigenvalue weighted by molar-refractivity contribution is 0.0459.